The van der Waals surface area contributed by atoms with Gasteiger partial charge in [0.15, 0.2) is 0 Å². The Morgan fingerprint density at radius 2 is 1.51 bits per heavy atom. The van der Waals surface area contributed by atoms with Crippen molar-refractivity contribution in [1.82, 2.24) is 4.90 Å². The monoisotopic (exact) mass is 471 g/mol. The van der Waals surface area contributed by atoms with Crippen molar-refractivity contribution in [2.45, 2.75) is 39.2 Å². The third-order valence-corrected chi connectivity index (χ3v) is 6.51. The smallest absolute Gasteiger partial charge is 0.326 e. The number of carboxylic acid groups (broad SMARTS) is 1. The average Bonchev–Trinajstić information content (AvgIpc) is 2.87. The Hall–Kier alpha value is -4.13. The van der Waals surface area contributed by atoms with Gasteiger partial charge in [0.1, 0.15) is 6.04 Å². The second kappa shape index (κ2) is 10.4. The Kier molecular flexibility index (Phi) is 7.15. The minimum Gasteiger partial charge on any atom is -0.480 e. The number of urea groups is 1. The number of rotatable bonds is 5. The van der Waals surface area contributed by atoms with Gasteiger partial charge in [-0.25, -0.2) is 9.59 Å². The molecule has 3 aromatic rings. The molecule has 180 valence electrons. The summed E-state index contributed by atoms with van der Waals surface area (Å²) in [7, 11) is 0. The van der Waals surface area contributed by atoms with Gasteiger partial charge in [-0.1, -0.05) is 36.4 Å². The molecule has 3 N–H and O–H groups in total. The third kappa shape index (κ3) is 5.51. The normalized spacial score (nSPS) is 15.4. The number of benzene rings is 3. The van der Waals surface area contributed by atoms with Crippen LogP contribution < -0.4 is 10.6 Å². The zero-order valence-corrected chi connectivity index (χ0v) is 19.9. The van der Waals surface area contributed by atoms with Crippen molar-refractivity contribution in [1.29, 1.82) is 0 Å². The molecule has 0 radical (unpaired) electrons. The van der Waals surface area contributed by atoms with Gasteiger partial charge in [0.2, 0.25) is 0 Å². The van der Waals surface area contributed by atoms with E-state index in [2.05, 4.69) is 10.6 Å². The number of aryl methyl sites for hydroxylation is 1. The van der Waals surface area contributed by atoms with Crippen LogP contribution in [0.25, 0.3) is 11.1 Å². The van der Waals surface area contributed by atoms with Crippen LogP contribution in [0, 0.1) is 13.8 Å². The number of nitrogens with one attached hydrogen (secondary N) is 2. The first-order valence-corrected chi connectivity index (χ1v) is 11.7. The van der Waals surface area contributed by atoms with E-state index in [9.17, 15) is 19.5 Å². The summed E-state index contributed by atoms with van der Waals surface area (Å²) in [5, 5.41) is 15.2. The van der Waals surface area contributed by atoms with Gasteiger partial charge in [-0.2, -0.15) is 0 Å². The number of amides is 3. The minimum absolute atomic E-state index is 0.252. The van der Waals surface area contributed by atoms with Crippen molar-refractivity contribution in [2.24, 2.45) is 0 Å². The third-order valence-electron chi connectivity index (χ3n) is 6.51. The average molecular weight is 472 g/mol. The van der Waals surface area contributed by atoms with Crippen molar-refractivity contribution in [2.75, 3.05) is 17.2 Å². The van der Waals surface area contributed by atoms with Crippen molar-refractivity contribution in [3.63, 3.8) is 0 Å². The summed E-state index contributed by atoms with van der Waals surface area (Å²) in [4.78, 5) is 38.3. The van der Waals surface area contributed by atoms with E-state index in [4.69, 9.17) is 0 Å². The lowest BCUT2D eigenvalue weighted by Gasteiger charge is -2.33. The van der Waals surface area contributed by atoms with Crippen LogP contribution in [0.2, 0.25) is 0 Å². The van der Waals surface area contributed by atoms with Crippen LogP contribution in [0.3, 0.4) is 0 Å². The largest absolute Gasteiger partial charge is 0.480 e. The Balaban J connectivity index is 1.40. The number of carbonyl (C=O) groups excluding carboxylic acids is 2. The number of anilines is 2. The van der Waals surface area contributed by atoms with Crippen LogP contribution in [0.1, 0.15) is 40.7 Å². The van der Waals surface area contributed by atoms with Crippen LogP contribution in [0.5, 0.6) is 0 Å². The van der Waals surface area contributed by atoms with E-state index in [0.29, 0.717) is 24.2 Å². The molecule has 0 spiro atoms. The number of hydrogen-bond donors (Lipinski definition) is 3. The van der Waals surface area contributed by atoms with Crippen molar-refractivity contribution >= 4 is 29.3 Å². The Morgan fingerprint density at radius 3 is 2.17 bits per heavy atom. The van der Waals surface area contributed by atoms with Crippen molar-refractivity contribution in [3.8, 4) is 11.1 Å². The van der Waals surface area contributed by atoms with Gasteiger partial charge < -0.3 is 20.6 Å². The molecule has 1 saturated heterocycles. The Morgan fingerprint density at radius 1 is 0.857 bits per heavy atom. The predicted molar refractivity (Wildman–Crippen MR) is 137 cm³/mol. The topological polar surface area (TPSA) is 98.7 Å². The number of nitrogens with zero attached hydrogens (tertiary/aromatic N) is 1. The number of likely N-dealkylation sites (tertiary alicyclic amines) is 1. The summed E-state index contributed by atoms with van der Waals surface area (Å²) in [6.45, 7) is 4.43. The highest BCUT2D eigenvalue weighted by Gasteiger charge is 2.32. The van der Waals surface area contributed by atoms with E-state index in [0.717, 1.165) is 40.8 Å². The first-order chi connectivity index (χ1) is 16.8. The molecule has 0 bridgehead atoms. The van der Waals surface area contributed by atoms with E-state index < -0.39 is 12.0 Å². The summed E-state index contributed by atoms with van der Waals surface area (Å²) in [5.74, 6) is -1.20. The Bertz CT molecular complexity index is 1240. The number of hydrogen-bond acceptors (Lipinski definition) is 3. The van der Waals surface area contributed by atoms with Crippen molar-refractivity contribution < 1.29 is 19.5 Å². The van der Waals surface area contributed by atoms with Gasteiger partial charge in [0.25, 0.3) is 5.91 Å². The molecule has 0 aromatic heterocycles. The predicted octanol–water partition coefficient (Wildman–Crippen LogP) is 5.69. The first-order valence-electron chi connectivity index (χ1n) is 11.7. The molecule has 35 heavy (non-hydrogen) atoms. The molecule has 0 aliphatic carbocycles. The van der Waals surface area contributed by atoms with Crippen LogP contribution >= 0.6 is 0 Å². The number of aliphatic carboxylic acids is 1. The highest BCUT2D eigenvalue weighted by Crippen LogP contribution is 2.25. The van der Waals surface area contributed by atoms with E-state index in [1.807, 2.05) is 68.4 Å². The molecule has 3 amide bonds. The summed E-state index contributed by atoms with van der Waals surface area (Å²) in [5.41, 5.74) is 5.90. The second-order valence-corrected chi connectivity index (χ2v) is 8.83. The van der Waals surface area contributed by atoms with Crippen LogP contribution in [0.15, 0.2) is 66.7 Å². The lowest BCUT2D eigenvalue weighted by Crippen LogP contribution is -2.47. The van der Waals surface area contributed by atoms with E-state index in [-0.39, 0.29) is 11.9 Å². The zero-order chi connectivity index (χ0) is 24.9. The van der Waals surface area contributed by atoms with E-state index in [1.54, 1.807) is 12.1 Å². The van der Waals surface area contributed by atoms with E-state index in [1.165, 1.54) is 4.90 Å². The summed E-state index contributed by atoms with van der Waals surface area (Å²) in [6, 6.07) is 19.3. The summed E-state index contributed by atoms with van der Waals surface area (Å²) < 4.78 is 0. The molecular weight excluding hydrogens is 442 g/mol. The molecule has 4 rings (SSSR count). The van der Waals surface area contributed by atoms with Crippen LogP contribution in [-0.4, -0.2) is 40.5 Å². The first kappa shape index (κ1) is 24.0. The number of carboxylic acids is 1. The lowest BCUT2D eigenvalue weighted by molar-refractivity contribution is -0.143. The molecule has 3 aromatic carbocycles. The van der Waals surface area contributed by atoms with Gasteiger partial charge >= 0.3 is 12.0 Å². The molecular formula is C28H29N3O4. The number of carbonyl (C=O) groups is 3. The van der Waals surface area contributed by atoms with Gasteiger partial charge in [-0.15, -0.1) is 0 Å². The summed E-state index contributed by atoms with van der Waals surface area (Å²) in [6.07, 6.45) is 2.12. The maximum atomic E-state index is 12.9. The molecule has 1 atom stereocenters. The van der Waals surface area contributed by atoms with Crippen LogP contribution in [-0.2, 0) is 4.79 Å². The second-order valence-electron chi connectivity index (χ2n) is 8.83. The molecule has 1 aliphatic heterocycles. The number of piperidine rings is 1. The highest BCUT2D eigenvalue weighted by molar-refractivity contribution is 6.00. The quantitative estimate of drug-likeness (QED) is 0.445. The fourth-order valence-corrected chi connectivity index (χ4v) is 4.32. The molecule has 7 nitrogen and oxygen atoms in total. The SMILES string of the molecule is Cc1cccc(NC(=O)Nc2ccc(-c3ccc(C(=O)N4CCCC[C@H]4C(=O)O)cc3)cc2)c1C. The molecule has 0 saturated carbocycles. The van der Waals surface area contributed by atoms with Gasteiger partial charge in [0.05, 0.1) is 0 Å². The van der Waals surface area contributed by atoms with Gasteiger partial charge in [-0.05, 0) is 85.7 Å². The van der Waals surface area contributed by atoms with Gasteiger partial charge in [-0.3, -0.25) is 4.79 Å². The molecule has 7 heteroatoms. The maximum Gasteiger partial charge on any atom is 0.326 e. The molecule has 1 fully saturated rings. The standard InChI is InChI=1S/C28H29N3O4/c1-18-6-5-7-24(19(18)2)30-28(35)29-23-15-13-21(14-16-23)20-9-11-22(12-10-20)26(32)31-17-4-3-8-25(31)27(33)34/h5-7,9-16,25H,3-4,8,17H2,1-2H3,(H,33,34)(H2,29,30,35)/t25-/m0/s1. The summed E-state index contributed by atoms with van der Waals surface area (Å²) >= 11 is 0. The Labute approximate surface area is 204 Å². The van der Waals surface area contributed by atoms with Gasteiger partial charge in [0, 0.05) is 23.5 Å². The molecule has 1 aliphatic rings. The zero-order valence-electron chi connectivity index (χ0n) is 19.9. The highest BCUT2D eigenvalue weighted by atomic mass is 16.4. The van der Waals surface area contributed by atoms with Crippen molar-refractivity contribution in [3.05, 3.63) is 83.4 Å². The molecule has 1 heterocycles. The van der Waals surface area contributed by atoms with E-state index >= 15 is 0 Å². The maximum absolute atomic E-state index is 12.9. The molecule has 0 unspecified atom stereocenters. The fraction of sp³-hybridized carbons (Fsp3) is 0.250. The fourth-order valence-electron chi connectivity index (χ4n) is 4.32. The van der Waals surface area contributed by atoms with Crippen LogP contribution in [0.4, 0.5) is 16.2 Å². The minimum atomic E-state index is -0.953. The lowest BCUT2D eigenvalue weighted by atomic mass is 9.99.